The first-order valence-corrected chi connectivity index (χ1v) is 10.9. The lowest BCUT2D eigenvalue weighted by Gasteiger charge is -2.30. The number of rotatable bonds is 4. The van der Waals surface area contributed by atoms with E-state index in [0.717, 1.165) is 16.5 Å². The molecular weight excluding hydrogens is 376 g/mol. The highest BCUT2D eigenvalue weighted by atomic mass is 32.1. The number of thiocarbonyl (C=S) groups is 1. The van der Waals surface area contributed by atoms with Crippen molar-refractivity contribution in [2.24, 2.45) is 0 Å². The summed E-state index contributed by atoms with van der Waals surface area (Å²) in [6.45, 7) is 2.11. The van der Waals surface area contributed by atoms with Gasteiger partial charge >= 0.3 is 0 Å². The molecule has 0 unspecified atom stereocenters. The summed E-state index contributed by atoms with van der Waals surface area (Å²) in [5, 5.41) is 4.33. The zero-order valence-corrected chi connectivity index (χ0v) is 17.5. The summed E-state index contributed by atoms with van der Waals surface area (Å²) in [6, 6.07) is 19.8. The molecule has 0 spiro atoms. The second kappa shape index (κ2) is 7.64. The largest absolute Gasteiger partial charge is 0.351 e. The molecule has 1 saturated carbocycles. The molecule has 0 bridgehead atoms. The van der Waals surface area contributed by atoms with Crippen LogP contribution in [0.5, 0.6) is 0 Å². The van der Waals surface area contributed by atoms with Gasteiger partial charge in [-0.2, -0.15) is 0 Å². The minimum atomic E-state index is 0.0139. The minimum Gasteiger partial charge on any atom is -0.351 e. The summed E-state index contributed by atoms with van der Waals surface area (Å²) >= 11 is 5.84. The summed E-state index contributed by atoms with van der Waals surface area (Å²) in [5.74, 6) is 0. The monoisotopic (exact) mass is 402 g/mol. The second-order valence-corrected chi connectivity index (χ2v) is 8.50. The van der Waals surface area contributed by atoms with Crippen LogP contribution in [-0.4, -0.2) is 14.7 Å². The van der Waals surface area contributed by atoms with Gasteiger partial charge in [-0.05, 0) is 68.4 Å². The number of hydrogen-bond acceptors (Lipinski definition) is 2. The Kier molecular flexibility index (Phi) is 4.84. The smallest absolute Gasteiger partial charge is 0.174 e. The predicted octanol–water partition coefficient (Wildman–Crippen LogP) is 5.48. The van der Waals surface area contributed by atoms with Gasteiger partial charge in [0.15, 0.2) is 5.11 Å². The molecule has 0 radical (unpaired) electrons. The maximum atomic E-state index is 5.84. The molecule has 1 aliphatic carbocycles. The first kappa shape index (κ1) is 18.4. The van der Waals surface area contributed by atoms with Gasteiger partial charge in [0.25, 0.3) is 0 Å². The van der Waals surface area contributed by atoms with Crippen LogP contribution in [0.2, 0.25) is 0 Å². The van der Waals surface area contributed by atoms with Crippen LogP contribution in [0.15, 0.2) is 67.0 Å². The van der Waals surface area contributed by atoms with Gasteiger partial charge in [-0.15, -0.1) is 0 Å². The second-order valence-electron chi connectivity index (χ2n) is 8.11. The van der Waals surface area contributed by atoms with Crippen LogP contribution in [0, 0.1) is 6.92 Å². The molecule has 3 heterocycles. The Labute approximate surface area is 177 Å². The SMILES string of the molecule is Cc1ccc(N2C(=S)N[C@H](c3ccccn3)[C@H]2c2cccn2C2CCCC2)cc1. The van der Waals surface area contributed by atoms with Gasteiger partial charge in [0.1, 0.15) is 6.04 Å². The fraction of sp³-hybridized carbons (Fsp3) is 0.333. The third-order valence-corrected chi connectivity index (χ3v) is 6.56. The van der Waals surface area contributed by atoms with Crippen LogP contribution < -0.4 is 10.2 Å². The molecular formula is C24H26N4S. The number of benzene rings is 1. The number of hydrogen-bond donors (Lipinski definition) is 1. The first-order valence-electron chi connectivity index (χ1n) is 10.5. The molecule has 4 nitrogen and oxygen atoms in total. The summed E-state index contributed by atoms with van der Waals surface area (Å²) in [5.41, 5.74) is 4.70. The maximum absolute atomic E-state index is 5.84. The average molecular weight is 403 g/mol. The number of anilines is 1. The van der Waals surface area contributed by atoms with Gasteiger partial charge in [0.05, 0.1) is 11.7 Å². The third-order valence-electron chi connectivity index (χ3n) is 6.24. The van der Waals surface area contributed by atoms with Gasteiger partial charge in [0.2, 0.25) is 0 Å². The number of aromatic nitrogens is 2. The lowest BCUT2D eigenvalue weighted by molar-refractivity contribution is 0.461. The van der Waals surface area contributed by atoms with Crippen LogP contribution in [-0.2, 0) is 0 Å². The van der Waals surface area contributed by atoms with E-state index >= 15 is 0 Å². The summed E-state index contributed by atoms with van der Waals surface area (Å²) in [7, 11) is 0. The molecule has 2 fully saturated rings. The fourth-order valence-corrected chi connectivity index (χ4v) is 5.16. The van der Waals surface area contributed by atoms with Crippen molar-refractivity contribution in [3.63, 3.8) is 0 Å². The lowest BCUT2D eigenvalue weighted by atomic mass is 10.00. The summed E-state index contributed by atoms with van der Waals surface area (Å²) in [4.78, 5) is 6.94. The Hall–Kier alpha value is -2.66. The molecule has 5 heteroatoms. The Morgan fingerprint density at radius 3 is 2.52 bits per heavy atom. The quantitative estimate of drug-likeness (QED) is 0.586. The first-order chi connectivity index (χ1) is 14.2. The van der Waals surface area contributed by atoms with Crippen LogP contribution >= 0.6 is 12.2 Å². The average Bonchev–Trinajstić information content (AvgIpc) is 3.48. The molecule has 2 aliphatic rings. The van der Waals surface area contributed by atoms with Gasteiger partial charge < -0.3 is 14.8 Å². The number of nitrogens with one attached hydrogen (secondary N) is 1. The van der Waals surface area contributed by atoms with Crippen molar-refractivity contribution >= 4 is 23.0 Å². The van der Waals surface area contributed by atoms with Crippen LogP contribution in [0.3, 0.4) is 0 Å². The van der Waals surface area contributed by atoms with E-state index in [1.807, 2.05) is 12.3 Å². The number of aryl methyl sites for hydroxylation is 1. The van der Waals surface area contributed by atoms with Crippen molar-refractivity contribution in [3.8, 4) is 0 Å². The normalized spacial score (nSPS) is 22.2. The molecule has 2 aromatic heterocycles. The van der Waals surface area contributed by atoms with Gasteiger partial charge in [-0.1, -0.05) is 36.6 Å². The molecule has 1 aromatic carbocycles. The van der Waals surface area contributed by atoms with E-state index in [2.05, 4.69) is 81.4 Å². The van der Waals surface area contributed by atoms with Crippen molar-refractivity contribution in [1.82, 2.24) is 14.9 Å². The molecule has 29 heavy (non-hydrogen) atoms. The van der Waals surface area contributed by atoms with Gasteiger partial charge in [-0.3, -0.25) is 4.98 Å². The zero-order valence-electron chi connectivity index (χ0n) is 16.7. The van der Waals surface area contributed by atoms with Crippen LogP contribution in [0.4, 0.5) is 5.69 Å². The Bertz CT molecular complexity index is 989. The van der Waals surface area contributed by atoms with Gasteiger partial charge in [0, 0.05) is 29.8 Å². The van der Waals surface area contributed by atoms with E-state index in [-0.39, 0.29) is 12.1 Å². The fourth-order valence-electron chi connectivity index (χ4n) is 4.81. The Morgan fingerprint density at radius 1 is 1.00 bits per heavy atom. The van der Waals surface area contributed by atoms with Crippen molar-refractivity contribution in [3.05, 3.63) is 83.9 Å². The topological polar surface area (TPSA) is 33.1 Å². The van der Waals surface area contributed by atoms with E-state index in [1.54, 1.807) is 0 Å². The molecule has 2 atom stereocenters. The summed E-state index contributed by atoms with van der Waals surface area (Å²) < 4.78 is 2.49. The standard InChI is InChI=1S/C24H26N4S/c1-17-11-13-19(14-12-17)28-23(21-10-6-16-27(21)18-7-2-3-8-18)22(26-24(28)29)20-9-4-5-15-25-20/h4-6,9-16,18,22-23H,2-3,7-8H2,1H3,(H,26,29)/t22-,23-/m1/s1. The molecule has 1 saturated heterocycles. The Morgan fingerprint density at radius 2 is 1.79 bits per heavy atom. The molecule has 1 aliphatic heterocycles. The molecule has 5 rings (SSSR count). The number of pyridine rings is 1. The van der Waals surface area contributed by atoms with Crippen LogP contribution in [0.1, 0.15) is 60.8 Å². The van der Waals surface area contributed by atoms with E-state index in [4.69, 9.17) is 12.2 Å². The molecule has 0 amide bonds. The van der Waals surface area contributed by atoms with E-state index < -0.39 is 0 Å². The predicted molar refractivity (Wildman–Crippen MR) is 121 cm³/mol. The van der Waals surface area contributed by atoms with Crippen molar-refractivity contribution < 1.29 is 0 Å². The lowest BCUT2D eigenvalue weighted by Crippen LogP contribution is -2.30. The molecule has 148 valence electrons. The van der Waals surface area contributed by atoms with Crippen molar-refractivity contribution in [1.29, 1.82) is 0 Å². The van der Waals surface area contributed by atoms with E-state index in [1.165, 1.54) is 36.9 Å². The highest BCUT2D eigenvalue weighted by Crippen LogP contribution is 2.43. The number of nitrogens with zero attached hydrogens (tertiary/aromatic N) is 3. The highest BCUT2D eigenvalue weighted by Gasteiger charge is 2.42. The molecule has 3 aromatic rings. The van der Waals surface area contributed by atoms with Gasteiger partial charge in [-0.25, -0.2) is 0 Å². The summed E-state index contributed by atoms with van der Waals surface area (Å²) in [6.07, 6.45) is 9.25. The minimum absolute atomic E-state index is 0.0139. The highest BCUT2D eigenvalue weighted by molar-refractivity contribution is 7.80. The third kappa shape index (κ3) is 3.33. The Balaban J connectivity index is 1.62. The molecule has 1 N–H and O–H groups in total. The van der Waals surface area contributed by atoms with E-state index in [0.29, 0.717) is 6.04 Å². The van der Waals surface area contributed by atoms with Crippen molar-refractivity contribution in [2.75, 3.05) is 4.90 Å². The van der Waals surface area contributed by atoms with Crippen LogP contribution in [0.25, 0.3) is 0 Å². The zero-order chi connectivity index (χ0) is 19.8. The maximum Gasteiger partial charge on any atom is 0.174 e. The van der Waals surface area contributed by atoms with Crippen molar-refractivity contribution in [2.45, 2.75) is 50.7 Å². The van der Waals surface area contributed by atoms with E-state index in [9.17, 15) is 0 Å².